The molecule has 4 rings (SSSR count). The van der Waals surface area contributed by atoms with Crippen molar-refractivity contribution in [2.45, 2.75) is 32.7 Å². The normalized spacial score (nSPS) is 18.1. The van der Waals surface area contributed by atoms with E-state index < -0.39 is 0 Å². The summed E-state index contributed by atoms with van der Waals surface area (Å²) >= 11 is 0. The molecule has 1 atom stereocenters. The Morgan fingerprint density at radius 2 is 1.71 bits per heavy atom. The standard InChI is InChI=1S/C22H24N2/c1-22(2)13-18(14-22)21(16-8-4-3-5-9-16)24-19-12-17-10-6-7-11-20(17)23-15-19/h3-12,15,18,21,24H,13-14H2,1-2H3. The Hall–Kier alpha value is -2.35. The predicted octanol–water partition coefficient (Wildman–Crippen LogP) is 5.82. The van der Waals surface area contributed by atoms with E-state index in [1.807, 2.05) is 12.3 Å². The third kappa shape index (κ3) is 3.01. The summed E-state index contributed by atoms with van der Waals surface area (Å²) in [7, 11) is 0. The molecule has 1 heterocycles. The van der Waals surface area contributed by atoms with Gasteiger partial charge in [0, 0.05) is 5.39 Å². The largest absolute Gasteiger partial charge is 0.377 e. The van der Waals surface area contributed by atoms with E-state index in [9.17, 15) is 0 Å². The molecule has 0 saturated heterocycles. The fourth-order valence-electron chi connectivity index (χ4n) is 4.06. The highest BCUT2D eigenvalue weighted by atomic mass is 14.9. The molecule has 1 saturated carbocycles. The number of para-hydroxylation sites is 1. The molecule has 0 spiro atoms. The second-order valence-corrected chi connectivity index (χ2v) is 7.78. The van der Waals surface area contributed by atoms with E-state index in [4.69, 9.17) is 0 Å². The average Bonchev–Trinajstić information content (AvgIpc) is 2.58. The SMILES string of the molecule is CC1(C)CC(C(Nc2cnc3ccccc3c2)c2ccccc2)C1. The van der Waals surface area contributed by atoms with Gasteiger partial charge >= 0.3 is 0 Å². The number of hydrogen-bond acceptors (Lipinski definition) is 2. The van der Waals surface area contributed by atoms with Crippen LogP contribution in [0.1, 0.15) is 38.3 Å². The third-order valence-corrected chi connectivity index (χ3v) is 5.17. The number of nitrogens with zero attached hydrogens (tertiary/aromatic N) is 1. The van der Waals surface area contributed by atoms with Gasteiger partial charge in [-0.25, -0.2) is 0 Å². The molecule has 1 unspecified atom stereocenters. The zero-order valence-corrected chi connectivity index (χ0v) is 14.4. The molecule has 1 N–H and O–H groups in total. The smallest absolute Gasteiger partial charge is 0.0703 e. The van der Waals surface area contributed by atoms with Crippen molar-refractivity contribution in [1.29, 1.82) is 0 Å². The molecule has 1 aliphatic carbocycles. The first-order chi connectivity index (χ1) is 11.6. The van der Waals surface area contributed by atoms with Crippen LogP contribution in [0.2, 0.25) is 0 Å². The number of pyridine rings is 1. The van der Waals surface area contributed by atoms with Crippen molar-refractivity contribution in [3.05, 3.63) is 72.4 Å². The summed E-state index contributed by atoms with van der Waals surface area (Å²) in [6.07, 6.45) is 4.49. The lowest BCUT2D eigenvalue weighted by molar-refractivity contribution is 0.0812. The van der Waals surface area contributed by atoms with Gasteiger partial charge < -0.3 is 5.32 Å². The van der Waals surface area contributed by atoms with Crippen molar-refractivity contribution >= 4 is 16.6 Å². The van der Waals surface area contributed by atoms with Crippen LogP contribution < -0.4 is 5.32 Å². The number of fused-ring (bicyclic) bond motifs is 1. The molecule has 0 bridgehead atoms. The number of rotatable bonds is 4. The summed E-state index contributed by atoms with van der Waals surface area (Å²) in [4.78, 5) is 4.60. The maximum Gasteiger partial charge on any atom is 0.0703 e. The minimum Gasteiger partial charge on any atom is -0.377 e. The molecule has 1 aliphatic rings. The molecular weight excluding hydrogens is 292 g/mol. The van der Waals surface area contributed by atoms with Gasteiger partial charge in [0.05, 0.1) is 23.4 Å². The Morgan fingerprint density at radius 1 is 1.00 bits per heavy atom. The highest BCUT2D eigenvalue weighted by molar-refractivity contribution is 5.81. The maximum atomic E-state index is 4.60. The molecule has 122 valence electrons. The molecule has 3 aromatic rings. The first-order valence-corrected chi connectivity index (χ1v) is 8.77. The summed E-state index contributed by atoms with van der Waals surface area (Å²) in [6, 6.07) is 21.7. The Morgan fingerprint density at radius 3 is 2.46 bits per heavy atom. The summed E-state index contributed by atoms with van der Waals surface area (Å²) in [5, 5.41) is 4.95. The molecular formula is C22H24N2. The zero-order valence-electron chi connectivity index (χ0n) is 14.4. The second kappa shape index (κ2) is 5.94. The fourth-order valence-corrected chi connectivity index (χ4v) is 4.06. The van der Waals surface area contributed by atoms with Crippen molar-refractivity contribution < 1.29 is 0 Å². The summed E-state index contributed by atoms with van der Waals surface area (Å²) in [6.45, 7) is 4.73. The van der Waals surface area contributed by atoms with Crippen LogP contribution in [-0.2, 0) is 0 Å². The number of nitrogens with one attached hydrogen (secondary N) is 1. The molecule has 1 fully saturated rings. The number of hydrogen-bond donors (Lipinski definition) is 1. The number of anilines is 1. The molecule has 2 nitrogen and oxygen atoms in total. The second-order valence-electron chi connectivity index (χ2n) is 7.78. The van der Waals surface area contributed by atoms with Crippen molar-refractivity contribution in [3.63, 3.8) is 0 Å². The summed E-state index contributed by atoms with van der Waals surface area (Å²) < 4.78 is 0. The lowest BCUT2D eigenvalue weighted by Crippen LogP contribution is -2.38. The van der Waals surface area contributed by atoms with Gasteiger partial charge in [-0.15, -0.1) is 0 Å². The Bertz CT molecular complexity index is 831. The van der Waals surface area contributed by atoms with Crippen LogP contribution in [0.5, 0.6) is 0 Å². The van der Waals surface area contributed by atoms with Crippen molar-refractivity contribution in [2.24, 2.45) is 11.3 Å². The third-order valence-electron chi connectivity index (χ3n) is 5.17. The fraction of sp³-hybridized carbons (Fsp3) is 0.318. The van der Waals surface area contributed by atoms with Crippen molar-refractivity contribution in [3.8, 4) is 0 Å². The molecule has 2 heteroatoms. The van der Waals surface area contributed by atoms with Crippen LogP contribution in [0, 0.1) is 11.3 Å². The van der Waals surface area contributed by atoms with Gasteiger partial charge in [0.25, 0.3) is 0 Å². The lowest BCUT2D eigenvalue weighted by Gasteiger charge is -2.47. The number of aromatic nitrogens is 1. The van der Waals surface area contributed by atoms with E-state index in [-0.39, 0.29) is 0 Å². The lowest BCUT2D eigenvalue weighted by atomic mass is 9.61. The Kier molecular flexibility index (Phi) is 3.76. The van der Waals surface area contributed by atoms with E-state index in [0.717, 1.165) is 11.2 Å². The Labute approximate surface area is 143 Å². The topological polar surface area (TPSA) is 24.9 Å². The van der Waals surface area contributed by atoms with Gasteiger partial charge in [0.15, 0.2) is 0 Å². The summed E-state index contributed by atoms with van der Waals surface area (Å²) in [5.74, 6) is 0.675. The van der Waals surface area contributed by atoms with Gasteiger partial charge in [0.1, 0.15) is 0 Å². The van der Waals surface area contributed by atoms with Crippen LogP contribution in [0.15, 0.2) is 66.9 Å². The van der Waals surface area contributed by atoms with Crippen molar-refractivity contribution in [1.82, 2.24) is 4.98 Å². The molecule has 0 radical (unpaired) electrons. The monoisotopic (exact) mass is 316 g/mol. The molecule has 1 aromatic heterocycles. The Balaban J connectivity index is 1.63. The van der Waals surface area contributed by atoms with Crippen LogP contribution in [0.3, 0.4) is 0 Å². The van der Waals surface area contributed by atoms with Gasteiger partial charge in [-0.1, -0.05) is 62.4 Å². The predicted molar refractivity (Wildman–Crippen MR) is 101 cm³/mol. The molecule has 0 amide bonds. The first-order valence-electron chi connectivity index (χ1n) is 8.77. The number of benzene rings is 2. The van der Waals surface area contributed by atoms with Gasteiger partial charge in [-0.3, -0.25) is 4.98 Å². The first kappa shape index (κ1) is 15.2. The van der Waals surface area contributed by atoms with Crippen LogP contribution >= 0.6 is 0 Å². The molecule has 0 aliphatic heterocycles. The minimum absolute atomic E-state index is 0.349. The van der Waals surface area contributed by atoms with Crippen LogP contribution in [0.4, 0.5) is 5.69 Å². The van der Waals surface area contributed by atoms with Crippen LogP contribution in [0.25, 0.3) is 10.9 Å². The molecule has 2 aromatic carbocycles. The van der Waals surface area contributed by atoms with Crippen molar-refractivity contribution in [2.75, 3.05) is 5.32 Å². The van der Waals surface area contributed by atoms with E-state index in [1.54, 1.807) is 0 Å². The highest BCUT2D eigenvalue weighted by Crippen LogP contribution is 2.51. The minimum atomic E-state index is 0.349. The quantitative estimate of drug-likeness (QED) is 0.655. The highest BCUT2D eigenvalue weighted by Gasteiger charge is 2.41. The molecule has 24 heavy (non-hydrogen) atoms. The maximum absolute atomic E-state index is 4.60. The average molecular weight is 316 g/mol. The van der Waals surface area contributed by atoms with E-state index in [1.165, 1.54) is 23.8 Å². The van der Waals surface area contributed by atoms with Gasteiger partial charge in [0.2, 0.25) is 0 Å². The van der Waals surface area contributed by atoms with Gasteiger partial charge in [-0.2, -0.15) is 0 Å². The van der Waals surface area contributed by atoms with Crippen LogP contribution in [-0.4, -0.2) is 4.98 Å². The van der Waals surface area contributed by atoms with E-state index in [0.29, 0.717) is 17.4 Å². The summed E-state index contributed by atoms with van der Waals surface area (Å²) in [5.41, 5.74) is 3.99. The van der Waals surface area contributed by atoms with E-state index in [2.05, 4.69) is 78.7 Å². The van der Waals surface area contributed by atoms with E-state index >= 15 is 0 Å². The zero-order chi connectivity index (χ0) is 16.6. The van der Waals surface area contributed by atoms with Gasteiger partial charge in [-0.05, 0) is 41.9 Å².